The quantitative estimate of drug-likeness (QED) is 0.322. The molecule has 0 aromatic carbocycles. The Morgan fingerprint density at radius 2 is 1.37 bits per heavy atom. The van der Waals surface area contributed by atoms with Gasteiger partial charge >= 0.3 is 5.97 Å². The Kier molecular flexibility index (Phi) is 14.3. The van der Waals surface area contributed by atoms with Gasteiger partial charge in [-0.15, -0.1) is 0 Å². The summed E-state index contributed by atoms with van der Waals surface area (Å²) >= 11 is 3.32. The minimum atomic E-state index is -0.629. The zero-order valence-electron chi connectivity index (χ0n) is 12.5. The molecule has 0 fully saturated rings. The molecule has 0 aromatic heterocycles. The molecule has 0 spiro atoms. The van der Waals surface area contributed by atoms with E-state index in [-0.39, 0.29) is 5.92 Å². The lowest BCUT2D eigenvalue weighted by molar-refractivity contribution is -0.142. The molecule has 0 aliphatic heterocycles. The first-order valence-electron chi connectivity index (χ1n) is 8.01. The highest BCUT2D eigenvalue weighted by Crippen LogP contribution is 2.17. The highest BCUT2D eigenvalue weighted by molar-refractivity contribution is 9.09. The van der Waals surface area contributed by atoms with Crippen molar-refractivity contribution in [3.8, 4) is 0 Å². The molecule has 1 atom stereocenters. The van der Waals surface area contributed by atoms with E-state index in [2.05, 4.69) is 22.9 Å². The molecule has 2 nitrogen and oxygen atoms in total. The van der Waals surface area contributed by atoms with E-state index in [1.807, 2.05) is 0 Å². The summed E-state index contributed by atoms with van der Waals surface area (Å²) in [6, 6.07) is 0. The van der Waals surface area contributed by atoms with Crippen molar-refractivity contribution in [2.75, 3.05) is 5.33 Å². The van der Waals surface area contributed by atoms with Crippen molar-refractivity contribution in [2.45, 2.75) is 84.0 Å². The first-order chi connectivity index (χ1) is 9.22. The Bertz CT molecular complexity index is 207. The van der Waals surface area contributed by atoms with Gasteiger partial charge < -0.3 is 5.11 Å². The van der Waals surface area contributed by atoms with Gasteiger partial charge in [0, 0.05) is 5.33 Å². The summed E-state index contributed by atoms with van der Waals surface area (Å²) in [7, 11) is 0. The fraction of sp³-hybridized carbons (Fsp3) is 0.938. The normalized spacial score (nSPS) is 12.5. The van der Waals surface area contributed by atoms with Crippen LogP contribution in [-0.2, 0) is 4.79 Å². The molecule has 0 bridgehead atoms. The average Bonchev–Trinajstić information content (AvgIpc) is 2.39. The molecule has 19 heavy (non-hydrogen) atoms. The van der Waals surface area contributed by atoms with E-state index in [1.165, 1.54) is 57.8 Å². The van der Waals surface area contributed by atoms with E-state index in [4.69, 9.17) is 5.11 Å². The second kappa shape index (κ2) is 14.4. The van der Waals surface area contributed by atoms with Gasteiger partial charge in [0.25, 0.3) is 0 Å². The molecule has 0 aromatic rings. The summed E-state index contributed by atoms with van der Waals surface area (Å²) in [6.07, 6.45) is 14.7. The van der Waals surface area contributed by atoms with Crippen molar-refractivity contribution in [3.63, 3.8) is 0 Å². The molecule has 0 amide bonds. The van der Waals surface area contributed by atoms with E-state index in [0.29, 0.717) is 0 Å². The Balaban J connectivity index is 3.27. The zero-order chi connectivity index (χ0) is 14.3. The van der Waals surface area contributed by atoms with Crippen LogP contribution in [0.4, 0.5) is 0 Å². The van der Waals surface area contributed by atoms with Gasteiger partial charge in [-0.2, -0.15) is 0 Å². The number of carboxylic acids is 1. The minimum Gasteiger partial charge on any atom is -0.481 e. The third kappa shape index (κ3) is 12.7. The molecule has 3 heteroatoms. The van der Waals surface area contributed by atoms with Gasteiger partial charge in [-0.3, -0.25) is 4.79 Å². The number of unbranched alkanes of at least 4 members (excludes halogenated alkanes) is 9. The van der Waals surface area contributed by atoms with Crippen molar-refractivity contribution in [3.05, 3.63) is 0 Å². The number of carbonyl (C=O) groups is 1. The Morgan fingerprint density at radius 1 is 0.895 bits per heavy atom. The van der Waals surface area contributed by atoms with Gasteiger partial charge in [-0.05, 0) is 12.8 Å². The predicted octanol–water partition coefficient (Wildman–Crippen LogP) is 5.78. The summed E-state index contributed by atoms with van der Waals surface area (Å²) in [5.74, 6) is -0.774. The number of alkyl halides is 1. The molecular formula is C16H31BrO2. The van der Waals surface area contributed by atoms with Crippen LogP contribution < -0.4 is 0 Å². The number of hydrogen-bond acceptors (Lipinski definition) is 1. The topological polar surface area (TPSA) is 37.3 Å². The van der Waals surface area contributed by atoms with Crippen LogP contribution in [0.15, 0.2) is 0 Å². The average molecular weight is 335 g/mol. The molecule has 0 aliphatic rings. The minimum absolute atomic E-state index is 0.145. The molecule has 0 heterocycles. The van der Waals surface area contributed by atoms with Gasteiger partial charge in [-0.1, -0.05) is 87.1 Å². The SMILES string of the molecule is CCCCCCCCCCCCC(CCBr)C(=O)O. The lowest BCUT2D eigenvalue weighted by Crippen LogP contribution is -2.14. The first kappa shape index (κ1) is 18.9. The molecule has 0 aliphatic carbocycles. The van der Waals surface area contributed by atoms with E-state index >= 15 is 0 Å². The smallest absolute Gasteiger partial charge is 0.306 e. The molecular weight excluding hydrogens is 304 g/mol. The molecule has 1 unspecified atom stereocenters. The molecule has 0 saturated carbocycles. The standard InChI is InChI=1S/C16H31BrO2/c1-2-3-4-5-6-7-8-9-10-11-12-15(13-14-17)16(18)19/h15H,2-14H2,1H3,(H,18,19). The Hall–Kier alpha value is -0.0500. The van der Waals surface area contributed by atoms with Crippen molar-refractivity contribution in [1.82, 2.24) is 0 Å². The fourth-order valence-corrected chi connectivity index (χ4v) is 2.95. The Morgan fingerprint density at radius 3 is 1.79 bits per heavy atom. The summed E-state index contributed by atoms with van der Waals surface area (Å²) in [5.41, 5.74) is 0. The number of halogens is 1. The summed E-state index contributed by atoms with van der Waals surface area (Å²) in [4.78, 5) is 11.0. The van der Waals surface area contributed by atoms with E-state index in [0.717, 1.165) is 24.6 Å². The van der Waals surface area contributed by atoms with E-state index in [1.54, 1.807) is 0 Å². The van der Waals surface area contributed by atoms with Crippen LogP contribution in [0.25, 0.3) is 0 Å². The van der Waals surface area contributed by atoms with Crippen molar-refractivity contribution >= 4 is 21.9 Å². The molecule has 1 N–H and O–H groups in total. The molecule has 0 saturated heterocycles. The van der Waals surface area contributed by atoms with Crippen LogP contribution in [0.1, 0.15) is 84.0 Å². The van der Waals surface area contributed by atoms with Crippen LogP contribution in [0.5, 0.6) is 0 Å². The lowest BCUT2D eigenvalue weighted by atomic mass is 9.98. The zero-order valence-corrected chi connectivity index (χ0v) is 14.1. The monoisotopic (exact) mass is 334 g/mol. The van der Waals surface area contributed by atoms with E-state index < -0.39 is 5.97 Å². The van der Waals surface area contributed by atoms with Crippen LogP contribution >= 0.6 is 15.9 Å². The summed E-state index contributed by atoms with van der Waals surface area (Å²) in [5, 5.41) is 9.82. The maximum Gasteiger partial charge on any atom is 0.306 e. The number of carboxylic acid groups (broad SMARTS) is 1. The third-order valence-electron chi connectivity index (χ3n) is 3.71. The van der Waals surface area contributed by atoms with Gasteiger partial charge in [0.15, 0.2) is 0 Å². The summed E-state index contributed by atoms with van der Waals surface area (Å²) < 4.78 is 0. The fourth-order valence-electron chi connectivity index (χ4n) is 2.40. The number of aliphatic carboxylic acids is 1. The van der Waals surface area contributed by atoms with Gasteiger partial charge in [0.2, 0.25) is 0 Å². The first-order valence-corrected chi connectivity index (χ1v) is 9.13. The van der Waals surface area contributed by atoms with Crippen LogP contribution in [-0.4, -0.2) is 16.4 Å². The van der Waals surface area contributed by atoms with Gasteiger partial charge in [0.05, 0.1) is 5.92 Å². The van der Waals surface area contributed by atoms with Gasteiger partial charge in [-0.25, -0.2) is 0 Å². The second-order valence-electron chi connectivity index (χ2n) is 5.48. The maximum atomic E-state index is 11.0. The number of hydrogen-bond donors (Lipinski definition) is 1. The van der Waals surface area contributed by atoms with Crippen LogP contribution in [0.2, 0.25) is 0 Å². The molecule has 0 rings (SSSR count). The molecule has 114 valence electrons. The highest BCUT2D eigenvalue weighted by atomic mass is 79.9. The van der Waals surface area contributed by atoms with Crippen LogP contribution in [0, 0.1) is 5.92 Å². The summed E-state index contributed by atoms with van der Waals surface area (Å²) in [6.45, 7) is 2.25. The van der Waals surface area contributed by atoms with Gasteiger partial charge in [0.1, 0.15) is 0 Å². The largest absolute Gasteiger partial charge is 0.481 e. The Labute approximate surface area is 127 Å². The van der Waals surface area contributed by atoms with Crippen molar-refractivity contribution < 1.29 is 9.90 Å². The van der Waals surface area contributed by atoms with E-state index in [9.17, 15) is 4.79 Å². The number of rotatable bonds is 14. The van der Waals surface area contributed by atoms with Crippen molar-refractivity contribution in [2.24, 2.45) is 5.92 Å². The van der Waals surface area contributed by atoms with Crippen molar-refractivity contribution in [1.29, 1.82) is 0 Å². The third-order valence-corrected chi connectivity index (χ3v) is 4.17. The highest BCUT2D eigenvalue weighted by Gasteiger charge is 2.15. The molecule has 0 radical (unpaired) electrons. The second-order valence-corrected chi connectivity index (χ2v) is 6.28. The van der Waals surface area contributed by atoms with Crippen LogP contribution in [0.3, 0.4) is 0 Å². The lowest BCUT2D eigenvalue weighted by Gasteiger charge is -2.10. The maximum absolute atomic E-state index is 11.0. The predicted molar refractivity (Wildman–Crippen MR) is 86.0 cm³/mol.